The Morgan fingerprint density at radius 1 is 1.30 bits per heavy atom. The summed E-state index contributed by atoms with van der Waals surface area (Å²) >= 11 is 0. The summed E-state index contributed by atoms with van der Waals surface area (Å²) < 4.78 is 32.2. The number of rotatable bonds is 4. The van der Waals surface area contributed by atoms with Gasteiger partial charge in [0.2, 0.25) is 10.0 Å². The maximum atomic E-state index is 12.3. The van der Waals surface area contributed by atoms with Crippen LogP contribution in [0.4, 0.5) is 0 Å². The molecule has 0 fully saturated rings. The van der Waals surface area contributed by atoms with Crippen molar-refractivity contribution in [3.8, 4) is 0 Å². The van der Waals surface area contributed by atoms with Gasteiger partial charge in [-0.15, -0.1) is 0 Å². The zero-order valence-corrected chi connectivity index (χ0v) is 12.0. The molecule has 0 spiro atoms. The Kier molecular flexibility index (Phi) is 3.35. The van der Waals surface area contributed by atoms with Crippen LogP contribution < -0.4 is 4.72 Å². The van der Waals surface area contributed by atoms with Crippen molar-refractivity contribution < 1.29 is 12.8 Å². The van der Waals surface area contributed by atoms with Gasteiger partial charge in [0, 0.05) is 0 Å². The minimum absolute atomic E-state index is 0.116. The van der Waals surface area contributed by atoms with Crippen LogP contribution in [0, 0.1) is 6.92 Å². The molecule has 0 saturated heterocycles. The lowest BCUT2D eigenvalue weighted by molar-refractivity contribution is 0.492. The zero-order chi connectivity index (χ0) is 14.2. The van der Waals surface area contributed by atoms with E-state index >= 15 is 0 Å². The van der Waals surface area contributed by atoms with E-state index in [0.29, 0.717) is 16.3 Å². The molecule has 0 atom stereocenters. The minimum Gasteiger partial charge on any atom is -0.447 e. The van der Waals surface area contributed by atoms with E-state index in [2.05, 4.69) is 9.71 Å². The maximum absolute atomic E-state index is 12.3. The summed E-state index contributed by atoms with van der Waals surface area (Å²) in [5.74, 6) is 0.537. The lowest BCUT2D eigenvalue weighted by Gasteiger charge is -2.07. The zero-order valence-electron chi connectivity index (χ0n) is 11.2. The Bertz CT molecular complexity index is 735. The molecule has 1 heterocycles. The highest BCUT2D eigenvalue weighted by Crippen LogP contribution is 2.24. The lowest BCUT2D eigenvalue weighted by Crippen LogP contribution is -2.23. The van der Waals surface area contributed by atoms with Gasteiger partial charge in [0.15, 0.2) is 6.39 Å². The number of benzene rings is 1. The van der Waals surface area contributed by atoms with Crippen LogP contribution in [-0.4, -0.2) is 13.4 Å². The van der Waals surface area contributed by atoms with Crippen LogP contribution in [0.2, 0.25) is 0 Å². The second kappa shape index (κ2) is 5.03. The molecule has 0 bridgehead atoms. The van der Waals surface area contributed by atoms with E-state index in [1.807, 2.05) is 6.07 Å². The minimum atomic E-state index is -3.51. The monoisotopic (exact) mass is 292 g/mol. The lowest BCUT2D eigenvalue weighted by atomic mass is 10.1. The smallest absolute Gasteiger partial charge is 0.240 e. The molecule has 0 amide bonds. The Labute approximate surface area is 118 Å². The van der Waals surface area contributed by atoms with Gasteiger partial charge in [0.25, 0.3) is 0 Å². The molecule has 1 aromatic heterocycles. The topological polar surface area (TPSA) is 72.2 Å². The van der Waals surface area contributed by atoms with Gasteiger partial charge in [-0.25, -0.2) is 18.1 Å². The third-order valence-corrected chi connectivity index (χ3v) is 5.05. The summed E-state index contributed by atoms with van der Waals surface area (Å²) in [4.78, 5) is 4.25. The quantitative estimate of drug-likeness (QED) is 0.935. The molecule has 6 heteroatoms. The van der Waals surface area contributed by atoms with E-state index in [1.54, 1.807) is 19.1 Å². The fourth-order valence-electron chi connectivity index (χ4n) is 2.46. The van der Waals surface area contributed by atoms with Crippen LogP contribution in [0.5, 0.6) is 0 Å². The van der Waals surface area contributed by atoms with Gasteiger partial charge < -0.3 is 4.42 Å². The molecular formula is C14H16N2O3S. The number of fused-ring (bicyclic) bond motifs is 1. The fourth-order valence-corrected chi connectivity index (χ4v) is 3.49. The van der Waals surface area contributed by atoms with Gasteiger partial charge in [0.1, 0.15) is 5.76 Å². The SMILES string of the molecule is Cc1ncoc1CNS(=O)(=O)c1ccc2c(c1)CCC2. The van der Waals surface area contributed by atoms with E-state index < -0.39 is 10.0 Å². The molecule has 0 aliphatic heterocycles. The van der Waals surface area contributed by atoms with E-state index in [0.717, 1.165) is 24.8 Å². The number of nitrogens with zero attached hydrogens (tertiary/aromatic N) is 1. The third kappa shape index (κ3) is 2.48. The Hall–Kier alpha value is -1.66. The predicted molar refractivity (Wildman–Crippen MR) is 73.7 cm³/mol. The van der Waals surface area contributed by atoms with Crippen LogP contribution in [0.1, 0.15) is 29.0 Å². The van der Waals surface area contributed by atoms with Crippen LogP contribution in [0.25, 0.3) is 0 Å². The van der Waals surface area contributed by atoms with E-state index in [4.69, 9.17) is 4.42 Å². The maximum Gasteiger partial charge on any atom is 0.240 e. The largest absolute Gasteiger partial charge is 0.447 e. The molecule has 3 rings (SSSR count). The highest BCUT2D eigenvalue weighted by Gasteiger charge is 2.19. The molecular weight excluding hydrogens is 276 g/mol. The van der Waals surface area contributed by atoms with Gasteiger partial charge in [-0.3, -0.25) is 0 Å². The van der Waals surface area contributed by atoms with Crippen LogP contribution in [0.15, 0.2) is 33.9 Å². The second-order valence-electron chi connectivity index (χ2n) is 4.97. The van der Waals surface area contributed by atoms with Crippen molar-refractivity contribution in [3.05, 3.63) is 47.2 Å². The van der Waals surface area contributed by atoms with Crippen molar-refractivity contribution in [2.24, 2.45) is 0 Å². The molecule has 106 valence electrons. The van der Waals surface area contributed by atoms with Gasteiger partial charge in [-0.1, -0.05) is 6.07 Å². The first-order chi connectivity index (χ1) is 9.56. The van der Waals surface area contributed by atoms with Crippen LogP contribution in [0.3, 0.4) is 0 Å². The Balaban J connectivity index is 1.80. The summed E-state index contributed by atoms with van der Waals surface area (Å²) in [6, 6.07) is 5.36. The number of oxazole rings is 1. The Morgan fingerprint density at radius 2 is 2.10 bits per heavy atom. The predicted octanol–water partition coefficient (Wildman–Crippen LogP) is 1.95. The van der Waals surface area contributed by atoms with Crippen LogP contribution in [-0.2, 0) is 29.4 Å². The van der Waals surface area contributed by atoms with Gasteiger partial charge in [-0.2, -0.15) is 0 Å². The Morgan fingerprint density at radius 3 is 2.85 bits per heavy atom. The first-order valence-electron chi connectivity index (χ1n) is 6.57. The van der Waals surface area contributed by atoms with Crippen LogP contribution >= 0.6 is 0 Å². The third-order valence-electron chi connectivity index (χ3n) is 3.65. The number of aryl methyl sites for hydroxylation is 3. The molecule has 1 N–H and O–H groups in total. The standard InChI is InChI=1S/C14H16N2O3S/c1-10-14(19-9-15-10)8-16-20(17,18)13-6-5-11-3-2-4-12(11)7-13/h5-7,9,16H,2-4,8H2,1H3. The molecule has 1 aliphatic carbocycles. The normalized spacial score (nSPS) is 14.4. The van der Waals surface area contributed by atoms with Crippen molar-refractivity contribution in [2.75, 3.05) is 0 Å². The van der Waals surface area contributed by atoms with E-state index in [1.165, 1.54) is 12.0 Å². The van der Waals surface area contributed by atoms with Crippen molar-refractivity contribution in [1.29, 1.82) is 0 Å². The second-order valence-corrected chi connectivity index (χ2v) is 6.74. The summed E-state index contributed by atoms with van der Waals surface area (Å²) in [6.45, 7) is 1.90. The average Bonchev–Trinajstić information content (AvgIpc) is 3.04. The van der Waals surface area contributed by atoms with Crippen molar-refractivity contribution in [3.63, 3.8) is 0 Å². The molecule has 0 unspecified atom stereocenters. The highest BCUT2D eigenvalue weighted by molar-refractivity contribution is 7.89. The van der Waals surface area contributed by atoms with Crippen molar-refractivity contribution in [1.82, 2.24) is 9.71 Å². The van der Waals surface area contributed by atoms with Gasteiger partial charge >= 0.3 is 0 Å². The summed E-state index contributed by atoms with van der Waals surface area (Å²) in [7, 11) is -3.51. The van der Waals surface area contributed by atoms with E-state index in [9.17, 15) is 8.42 Å². The average molecular weight is 292 g/mol. The fraction of sp³-hybridized carbons (Fsp3) is 0.357. The summed E-state index contributed by atoms with van der Waals surface area (Å²) in [6.07, 6.45) is 4.41. The molecule has 2 aromatic rings. The van der Waals surface area contributed by atoms with Crippen molar-refractivity contribution in [2.45, 2.75) is 37.6 Å². The van der Waals surface area contributed by atoms with E-state index in [-0.39, 0.29) is 6.54 Å². The number of hydrogen-bond acceptors (Lipinski definition) is 4. The summed E-state index contributed by atoms with van der Waals surface area (Å²) in [5.41, 5.74) is 3.10. The number of aromatic nitrogens is 1. The highest BCUT2D eigenvalue weighted by atomic mass is 32.2. The first kappa shape index (κ1) is 13.3. The number of nitrogens with one attached hydrogen (secondary N) is 1. The molecule has 5 nitrogen and oxygen atoms in total. The molecule has 1 aromatic carbocycles. The molecule has 20 heavy (non-hydrogen) atoms. The van der Waals surface area contributed by atoms with Gasteiger partial charge in [0.05, 0.1) is 17.1 Å². The molecule has 0 saturated carbocycles. The molecule has 0 radical (unpaired) electrons. The van der Waals surface area contributed by atoms with Crippen molar-refractivity contribution >= 4 is 10.0 Å². The first-order valence-corrected chi connectivity index (χ1v) is 8.05. The summed E-state index contributed by atoms with van der Waals surface area (Å²) in [5, 5.41) is 0. The molecule has 1 aliphatic rings. The number of hydrogen-bond donors (Lipinski definition) is 1. The van der Waals surface area contributed by atoms with Gasteiger partial charge in [-0.05, 0) is 49.4 Å². The number of sulfonamides is 1.